The highest BCUT2D eigenvalue weighted by Crippen LogP contribution is 2.32. The first-order chi connectivity index (χ1) is 13.2. The van der Waals surface area contributed by atoms with Crippen LogP contribution in [-0.4, -0.2) is 10.5 Å². The van der Waals surface area contributed by atoms with Gasteiger partial charge in [-0.2, -0.15) is 0 Å². The van der Waals surface area contributed by atoms with Crippen molar-refractivity contribution < 1.29 is 4.79 Å². The lowest BCUT2D eigenvalue weighted by Gasteiger charge is -2.09. The lowest BCUT2D eigenvalue weighted by atomic mass is 10.1. The van der Waals surface area contributed by atoms with Gasteiger partial charge in [0.05, 0.1) is 11.0 Å². The van der Waals surface area contributed by atoms with Crippen LogP contribution in [0.3, 0.4) is 0 Å². The van der Waals surface area contributed by atoms with Crippen molar-refractivity contribution in [3.8, 4) is 0 Å². The number of amides is 1. The number of carbonyl (C=O) groups is 1. The fourth-order valence-corrected chi connectivity index (χ4v) is 3.91. The van der Waals surface area contributed by atoms with Crippen molar-refractivity contribution in [3.05, 3.63) is 96.1 Å². The van der Waals surface area contributed by atoms with Gasteiger partial charge in [-0.15, -0.1) is 0 Å². The van der Waals surface area contributed by atoms with Gasteiger partial charge in [-0.05, 0) is 46.7 Å². The van der Waals surface area contributed by atoms with Crippen LogP contribution in [0.2, 0.25) is 0 Å². The van der Waals surface area contributed by atoms with E-state index in [1.807, 2.05) is 24.3 Å². The molecule has 4 aromatic carbocycles. The number of aromatic nitrogens is 1. The molecule has 0 aliphatic carbocycles. The van der Waals surface area contributed by atoms with Crippen LogP contribution in [0.25, 0.3) is 32.6 Å². The molecule has 0 aliphatic heterocycles. The van der Waals surface area contributed by atoms with Gasteiger partial charge in [-0.25, -0.2) is 0 Å². The van der Waals surface area contributed by atoms with Gasteiger partial charge in [0.2, 0.25) is 5.91 Å². The van der Waals surface area contributed by atoms with Crippen molar-refractivity contribution in [2.45, 2.75) is 6.54 Å². The Balaban J connectivity index is 1.76. The van der Waals surface area contributed by atoms with E-state index in [1.54, 1.807) is 6.07 Å². The van der Waals surface area contributed by atoms with Crippen molar-refractivity contribution in [2.75, 3.05) is 0 Å². The van der Waals surface area contributed by atoms with E-state index in [9.17, 15) is 4.79 Å². The molecule has 1 amide bonds. The SMILES string of the molecule is NC(=O)c1cccc2c1c1[c]cccc1n2Cc1ccc2ccccc2c1. The van der Waals surface area contributed by atoms with Gasteiger partial charge in [-0.1, -0.05) is 54.6 Å². The van der Waals surface area contributed by atoms with Crippen LogP contribution >= 0.6 is 0 Å². The summed E-state index contributed by atoms with van der Waals surface area (Å²) >= 11 is 0. The maximum Gasteiger partial charge on any atom is 0.249 e. The molecule has 27 heavy (non-hydrogen) atoms. The zero-order chi connectivity index (χ0) is 18.4. The molecule has 0 unspecified atom stereocenters. The Labute approximate surface area is 156 Å². The highest BCUT2D eigenvalue weighted by molar-refractivity contribution is 6.17. The van der Waals surface area contributed by atoms with Crippen LogP contribution in [0, 0.1) is 6.07 Å². The van der Waals surface area contributed by atoms with E-state index in [1.165, 1.54) is 16.3 Å². The zero-order valence-electron chi connectivity index (χ0n) is 14.6. The molecule has 1 radical (unpaired) electrons. The van der Waals surface area contributed by atoms with E-state index >= 15 is 0 Å². The summed E-state index contributed by atoms with van der Waals surface area (Å²) in [5, 5.41) is 4.26. The van der Waals surface area contributed by atoms with Gasteiger partial charge in [0.25, 0.3) is 0 Å². The molecule has 0 atom stereocenters. The first-order valence-corrected chi connectivity index (χ1v) is 8.91. The number of primary amides is 1. The van der Waals surface area contributed by atoms with E-state index < -0.39 is 5.91 Å². The van der Waals surface area contributed by atoms with Crippen LogP contribution in [0.1, 0.15) is 15.9 Å². The molecular formula is C24H17N2O. The average Bonchev–Trinajstić information content (AvgIpc) is 3.02. The Bertz CT molecular complexity index is 1330. The molecule has 3 nitrogen and oxygen atoms in total. The Morgan fingerprint density at radius 2 is 1.70 bits per heavy atom. The summed E-state index contributed by atoms with van der Waals surface area (Å²) in [5.74, 6) is -0.414. The summed E-state index contributed by atoms with van der Waals surface area (Å²) in [5.41, 5.74) is 9.43. The summed E-state index contributed by atoms with van der Waals surface area (Å²) in [6, 6.07) is 29.8. The number of nitrogens with two attached hydrogens (primary N) is 1. The largest absolute Gasteiger partial charge is 0.366 e. The minimum Gasteiger partial charge on any atom is -0.366 e. The second-order valence-electron chi connectivity index (χ2n) is 6.76. The number of fused-ring (bicyclic) bond motifs is 4. The molecule has 2 N–H and O–H groups in total. The molecule has 5 aromatic rings. The zero-order valence-corrected chi connectivity index (χ0v) is 14.6. The maximum atomic E-state index is 12.0. The second-order valence-corrected chi connectivity index (χ2v) is 6.76. The standard InChI is InChI=1S/C24H17N2O/c25-24(27)20-9-5-11-22-23(20)19-8-3-4-10-21(19)26(22)15-16-12-13-17-6-1-2-7-18(17)14-16/h1-7,9-14H,15H2,(H2,25,27). The topological polar surface area (TPSA) is 48.0 Å². The summed E-state index contributed by atoms with van der Waals surface area (Å²) in [4.78, 5) is 12.0. The molecule has 0 bridgehead atoms. The Kier molecular flexibility index (Phi) is 3.47. The van der Waals surface area contributed by atoms with Crippen LogP contribution in [0.15, 0.2) is 78.9 Å². The molecule has 5 rings (SSSR count). The van der Waals surface area contributed by atoms with Crippen LogP contribution in [0.4, 0.5) is 0 Å². The van der Waals surface area contributed by atoms with Gasteiger partial charge >= 0.3 is 0 Å². The molecule has 3 heteroatoms. The number of hydrogen-bond donors (Lipinski definition) is 1. The molecule has 0 aliphatic rings. The number of carbonyl (C=O) groups excluding carboxylic acids is 1. The van der Waals surface area contributed by atoms with Crippen molar-refractivity contribution in [1.82, 2.24) is 4.57 Å². The summed E-state index contributed by atoms with van der Waals surface area (Å²) in [6.07, 6.45) is 0. The fraction of sp³-hybridized carbons (Fsp3) is 0.0417. The van der Waals surface area contributed by atoms with E-state index in [4.69, 9.17) is 5.73 Å². The predicted octanol–water partition coefficient (Wildman–Crippen LogP) is 4.90. The summed E-state index contributed by atoms with van der Waals surface area (Å²) in [7, 11) is 0. The number of rotatable bonds is 3. The molecular weight excluding hydrogens is 332 g/mol. The molecule has 0 saturated carbocycles. The third-order valence-corrected chi connectivity index (χ3v) is 5.13. The van der Waals surface area contributed by atoms with Crippen molar-refractivity contribution in [3.63, 3.8) is 0 Å². The van der Waals surface area contributed by atoms with E-state index in [0.29, 0.717) is 12.1 Å². The summed E-state index contributed by atoms with van der Waals surface area (Å²) in [6.45, 7) is 0.713. The van der Waals surface area contributed by atoms with Crippen molar-refractivity contribution in [2.24, 2.45) is 5.73 Å². The maximum absolute atomic E-state index is 12.0. The van der Waals surface area contributed by atoms with E-state index in [0.717, 1.165) is 21.8 Å². The van der Waals surface area contributed by atoms with Gasteiger partial charge in [-0.3, -0.25) is 4.79 Å². The first kappa shape index (κ1) is 15.6. The van der Waals surface area contributed by atoms with Gasteiger partial charge < -0.3 is 10.3 Å². The molecule has 1 aromatic heterocycles. The molecule has 0 fully saturated rings. The summed E-state index contributed by atoms with van der Waals surface area (Å²) < 4.78 is 2.23. The van der Waals surface area contributed by atoms with Gasteiger partial charge in [0.15, 0.2) is 0 Å². The highest BCUT2D eigenvalue weighted by atomic mass is 16.1. The predicted molar refractivity (Wildman–Crippen MR) is 110 cm³/mol. The first-order valence-electron chi connectivity index (χ1n) is 8.91. The second kappa shape index (κ2) is 5.99. The Morgan fingerprint density at radius 1 is 0.889 bits per heavy atom. The molecule has 0 spiro atoms. The normalized spacial score (nSPS) is 11.4. The van der Waals surface area contributed by atoms with Crippen molar-refractivity contribution in [1.29, 1.82) is 0 Å². The molecule has 129 valence electrons. The van der Waals surface area contributed by atoms with Crippen LogP contribution in [-0.2, 0) is 6.54 Å². The number of benzene rings is 4. The number of hydrogen-bond acceptors (Lipinski definition) is 1. The van der Waals surface area contributed by atoms with Crippen LogP contribution in [0.5, 0.6) is 0 Å². The van der Waals surface area contributed by atoms with Gasteiger partial charge in [0.1, 0.15) is 0 Å². The lowest BCUT2D eigenvalue weighted by Crippen LogP contribution is -2.11. The lowest BCUT2D eigenvalue weighted by molar-refractivity contribution is 0.100. The van der Waals surface area contributed by atoms with Crippen molar-refractivity contribution >= 4 is 38.5 Å². The monoisotopic (exact) mass is 349 g/mol. The minimum atomic E-state index is -0.414. The third kappa shape index (κ3) is 2.48. The average molecular weight is 349 g/mol. The number of nitrogens with zero attached hydrogens (tertiary/aromatic N) is 1. The third-order valence-electron chi connectivity index (χ3n) is 5.13. The Morgan fingerprint density at radius 3 is 2.56 bits per heavy atom. The quantitative estimate of drug-likeness (QED) is 0.495. The molecule has 0 saturated heterocycles. The van der Waals surface area contributed by atoms with Crippen LogP contribution < -0.4 is 5.73 Å². The Hall–Kier alpha value is -3.59. The van der Waals surface area contributed by atoms with Gasteiger partial charge in [0, 0.05) is 22.9 Å². The smallest absolute Gasteiger partial charge is 0.249 e. The van der Waals surface area contributed by atoms with E-state index in [2.05, 4.69) is 59.2 Å². The fourth-order valence-electron chi connectivity index (χ4n) is 3.91. The van der Waals surface area contributed by atoms with E-state index in [-0.39, 0.29) is 0 Å². The minimum absolute atomic E-state index is 0.414. The molecule has 1 heterocycles. The highest BCUT2D eigenvalue weighted by Gasteiger charge is 2.16.